The Morgan fingerprint density at radius 3 is 2.42 bits per heavy atom. The fourth-order valence-electron chi connectivity index (χ4n) is 4.69. The van der Waals surface area contributed by atoms with Gasteiger partial charge in [0.15, 0.2) is 17.9 Å². The van der Waals surface area contributed by atoms with Gasteiger partial charge in [-0.1, -0.05) is 12.1 Å². The number of aromatic amines is 1. The molecule has 0 amide bonds. The maximum Gasteiger partial charge on any atom is 0.326 e. The molecule has 0 aliphatic carbocycles. The molecular formula is C28H26F2N6O2. The molecule has 0 saturated carbocycles. The lowest BCUT2D eigenvalue weighted by Gasteiger charge is -2.29. The number of hydrogen-bond acceptors (Lipinski definition) is 5. The monoisotopic (exact) mass is 516 g/mol. The van der Waals surface area contributed by atoms with Gasteiger partial charge >= 0.3 is 5.69 Å². The summed E-state index contributed by atoms with van der Waals surface area (Å²) in [6.07, 6.45) is 5.90. The maximum atomic E-state index is 13.4. The van der Waals surface area contributed by atoms with Gasteiger partial charge in [0.25, 0.3) is 0 Å². The van der Waals surface area contributed by atoms with Gasteiger partial charge in [0.1, 0.15) is 5.69 Å². The van der Waals surface area contributed by atoms with E-state index in [0.717, 1.165) is 54.7 Å². The average Bonchev–Trinajstić information content (AvgIpc) is 3.52. The second-order valence-corrected chi connectivity index (χ2v) is 9.17. The van der Waals surface area contributed by atoms with Crippen molar-refractivity contribution in [1.29, 1.82) is 0 Å². The summed E-state index contributed by atoms with van der Waals surface area (Å²) in [5.41, 5.74) is 3.88. The lowest BCUT2D eigenvalue weighted by atomic mass is 10.1. The molecule has 1 N–H and O–H groups in total. The molecule has 2 aromatic carbocycles. The molecule has 0 atom stereocenters. The van der Waals surface area contributed by atoms with Crippen molar-refractivity contribution in [3.63, 3.8) is 0 Å². The van der Waals surface area contributed by atoms with E-state index in [0.29, 0.717) is 23.7 Å². The number of benzene rings is 2. The zero-order chi connectivity index (χ0) is 26.6. The second kappa shape index (κ2) is 10.9. The second-order valence-electron chi connectivity index (χ2n) is 9.17. The number of nitrogens with zero attached hydrogens (tertiary/aromatic N) is 5. The first kappa shape index (κ1) is 25.2. The molecule has 194 valence electrons. The Hall–Kier alpha value is -4.44. The first-order valence-electron chi connectivity index (χ1n) is 12.2. The molecule has 0 radical (unpaired) electrons. The van der Waals surface area contributed by atoms with Crippen molar-refractivity contribution in [3.8, 4) is 16.9 Å². The quantitative estimate of drug-likeness (QED) is 0.352. The third kappa shape index (κ3) is 5.16. The number of para-hydroxylation sites is 2. The van der Waals surface area contributed by atoms with Gasteiger partial charge in [0.05, 0.1) is 22.4 Å². The minimum atomic E-state index is -0.976. The highest BCUT2D eigenvalue weighted by molar-refractivity contribution is 5.76. The van der Waals surface area contributed by atoms with Crippen LogP contribution in [-0.4, -0.2) is 55.6 Å². The Morgan fingerprint density at radius 1 is 0.974 bits per heavy atom. The molecule has 5 aromatic rings. The summed E-state index contributed by atoms with van der Waals surface area (Å²) >= 11 is 0. The van der Waals surface area contributed by atoms with E-state index in [1.807, 2.05) is 28.8 Å². The van der Waals surface area contributed by atoms with Crippen molar-refractivity contribution in [2.75, 3.05) is 20.1 Å². The number of likely N-dealkylation sites (tertiary alicyclic amines) is 1. The van der Waals surface area contributed by atoms with E-state index in [-0.39, 0.29) is 11.4 Å². The molecule has 6 rings (SSSR count). The molecule has 0 unspecified atom stereocenters. The molecule has 8 nitrogen and oxygen atoms in total. The smallest absolute Gasteiger partial charge is 0.306 e. The fourth-order valence-corrected chi connectivity index (χ4v) is 4.69. The molecule has 0 bridgehead atoms. The first-order chi connectivity index (χ1) is 18.4. The van der Waals surface area contributed by atoms with Crippen LogP contribution in [0.25, 0.3) is 28.0 Å². The molecule has 1 saturated heterocycles. The summed E-state index contributed by atoms with van der Waals surface area (Å²) in [6.45, 7) is 2.13. The van der Waals surface area contributed by atoms with E-state index in [4.69, 9.17) is 0 Å². The van der Waals surface area contributed by atoms with Crippen molar-refractivity contribution in [1.82, 2.24) is 29.2 Å². The summed E-state index contributed by atoms with van der Waals surface area (Å²) in [6, 6.07) is 16.8. The molecule has 10 heteroatoms. The molecule has 1 fully saturated rings. The first-order valence-corrected chi connectivity index (χ1v) is 12.2. The number of rotatable bonds is 4. The van der Waals surface area contributed by atoms with Crippen molar-refractivity contribution >= 4 is 17.3 Å². The van der Waals surface area contributed by atoms with Gasteiger partial charge < -0.3 is 9.88 Å². The van der Waals surface area contributed by atoms with Crippen LogP contribution in [0.5, 0.6) is 0 Å². The van der Waals surface area contributed by atoms with Gasteiger partial charge in [-0.2, -0.15) is 5.10 Å². The minimum Gasteiger partial charge on any atom is -0.306 e. The summed E-state index contributed by atoms with van der Waals surface area (Å²) < 4.78 is 29.8. The summed E-state index contributed by atoms with van der Waals surface area (Å²) in [7, 11) is 2.13. The Labute approximate surface area is 217 Å². The van der Waals surface area contributed by atoms with E-state index in [1.54, 1.807) is 30.6 Å². The number of imidazole rings is 1. The van der Waals surface area contributed by atoms with Gasteiger partial charge in [0, 0.05) is 30.1 Å². The minimum absolute atomic E-state index is 0.0285. The zero-order valence-electron chi connectivity index (χ0n) is 20.7. The van der Waals surface area contributed by atoms with E-state index >= 15 is 0 Å². The highest BCUT2D eigenvalue weighted by Crippen LogP contribution is 2.25. The van der Waals surface area contributed by atoms with Crippen LogP contribution in [0.15, 0.2) is 77.9 Å². The predicted molar refractivity (Wildman–Crippen MR) is 140 cm³/mol. The van der Waals surface area contributed by atoms with Crippen molar-refractivity contribution in [2.45, 2.75) is 18.9 Å². The van der Waals surface area contributed by atoms with Gasteiger partial charge in [-0.25, -0.2) is 18.3 Å². The van der Waals surface area contributed by atoms with E-state index in [1.165, 1.54) is 10.7 Å². The van der Waals surface area contributed by atoms with Crippen LogP contribution < -0.4 is 5.69 Å². The average molecular weight is 517 g/mol. The van der Waals surface area contributed by atoms with E-state index in [9.17, 15) is 18.4 Å². The number of H-pyrrole nitrogens is 1. The zero-order valence-corrected chi connectivity index (χ0v) is 20.7. The highest BCUT2D eigenvalue weighted by atomic mass is 19.2. The number of carbonyl (C=O) groups is 1. The molecule has 1 aliphatic rings. The standard InChI is InChI=1S/C15H9F2N3O.C13H17N3O/c16-13-2-1-12(8-14(13)17)20-15(7-11(9-21)19-20)10-3-5-18-6-4-10;1-15-8-6-10(7-9-15)16-12-5-3-2-4-11(12)14-13(16)17/h1-9H;2-5,10H,6-9H2,1H3,(H,14,17). The fraction of sp³-hybridized carbons (Fsp3) is 0.214. The summed E-state index contributed by atoms with van der Waals surface area (Å²) in [4.78, 5) is 32.1. The number of piperidine rings is 1. The molecule has 3 aromatic heterocycles. The van der Waals surface area contributed by atoms with Crippen LogP contribution in [0.1, 0.15) is 29.4 Å². The number of pyridine rings is 1. The van der Waals surface area contributed by atoms with Crippen LogP contribution in [0.3, 0.4) is 0 Å². The lowest BCUT2D eigenvalue weighted by molar-refractivity contribution is 0.111. The molecule has 38 heavy (non-hydrogen) atoms. The molecule has 1 aliphatic heterocycles. The number of halogens is 2. The van der Waals surface area contributed by atoms with Crippen molar-refractivity contribution in [2.24, 2.45) is 0 Å². The van der Waals surface area contributed by atoms with Gasteiger partial charge in [-0.3, -0.25) is 14.3 Å². The third-order valence-electron chi connectivity index (χ3n) is 6.65. The highest BCUT2D eigenvalue weighted by Gasteiger charge is 2.21. The van der Waals surface area contributed by atoms with Gasteiger partial charge in [-0.05, 0) is 75.4 Å². The van der Waals surface area contributed by atoms with Crippen molar-refractivity contribution < 1.29 is 13.6 Å². The van der Waals surface area contributed by atoms with Crippen LogP contribution in [0, 0.1) is 11.6 Å². The lowest BCUT2D eigenvalue weighted by Crippen LogP contribution is -2.34. The number of nitrogens with one attached hydrogen (secondary N) is 1. The van der Waals surface area contributed by atoms with E-state index in [2.05, 4.69) is 27.0 Å². The summed E-state index contributed by atoms with van der Waals surface area (Å²) in [5, 5.41) is 4.09. The maximum absolute atomic E-state index is 13.4. The molecule has 4 heterocycles. The predicted octanol–water partition coefficient (Wildman–Crippen LogP) is 4.62. The Kier molecular flexibility index (Phi) is 7.23. The SMILES string of the molecule is CN1CCC(n2c(=O)[nH]c3ccccc32)CC1.O=Cc1cc(-c2ccncc2)n(-c2ccc(F)c(F)c2)n1. The number of carbonyl (C=O) groups excluding carboxylic acids is 1. The molecule has 0 spiro atoms. The van der Waals surface area contributed by atoms with Gasteiger partial charge in [-0.15, -0.1) is 0 Å². The normalized spacial score (nSPS) is 14.3. The Bertz CT molecular complexity index is 1620. The third-order valence-corrected chi connectivity index (χ3v) is 6.65. The van der Waals surface area contributed by atoms with E-state index < -0.39 is 11.6 Å². The molecular weight excluding hydrogens is 490 g/mol. The number of aldehydes is 1. The van der Waals surface area contributed by atoms with Crippen LogP contribution >= 0.6 is 0 Å². The number of fused-ring (bicyclic) bond motifs is 1. The topological polar surface area (TPSA) is 88.8 Å². The summed E-state index contributed by atoms with van der Waals surface area (Å²) in [5.74, 6) is -1.91. The largest absolute Gasteiger partial charge is 0.326 e. The van der Waals surface area contributed by atoms with Crippen LogP contribution in [0.2, 0.25) is 0 Å². The number of hydrogen-bond donors (Lipinski definition) is 1. The number of aromatic nitrogens is 5. The van der Waals surface area contributed by atoms with Crippen LogP contribution in [0.4, 0.5) is 8.78 Å². The van der Waals surface area contributed by atoms with Gasteiger partial charge in [0.2, 0.25) is 0 Å². The Balaban J connectivity index is 0.000000158. The van der Waals surface area contributed by atoms with Crippen LogP contribution in [-0.2, 0) is 0 Å². The Morgan fingerprint density at radius 2 is 1.71 bits per heavy atom. The van der Waals surface area contributed by atoms with Crippen molar-refractivity contribution in [3.05, 3.63) is 101 Å².